The summed E-state index contributed by atoms with van der Waals surface area (Å²) < 4.78 is 1.52. The molecule has 0 saturated heterocycles. The molecular weight excluding hydrogens is 426 g/mol. The standard InChI is InChI=1S/C20H24ClN5O5/c21-15-6-5-13(26-19(30)25(11-16(22)27)17(28)10-24-26)9-14(15)18(29)23-12-20(31)7-3-1-2-4-8-20/h5-6,9-10,31H,1-4,7-8,11-12H2,(H2,22,27)(H,23,29). The number of benzene rings is 1. The third-order valence-electron chi connectivity index (χ3n) is 5.33. The Morgan fingerprint density at radius 1 is 1.19 bits per heavy atom. The van der Waals surface area contributed by atoms with E-state index in [4.69, 9.17) is 17.3 Å². The number of amides is 2. The van der Waals surface area contributed by atoms with Gasteiger partial charge in [0.15, 0.2) is 0 Å². The molecule has 1 aromatic heterocycles. The van der Waals surface area contributed by atoms with Crippen LogP contribution in [-0.2, 0) is 11.3 Å². The summed E-state index contributed by atoms with van der Waals surface area (Å²) in [5, 5.41) is 17.4. The van der Waals surface area contributed by atoms with Gasteiger partial charge in [0.1, 0.15) is 12.7 Å². The van der Waals surface area contributed by atoms with Crippen molar-refractivity contribution in [3.63, 3.8) is 0 Å². The van der Waals surface area contributed by atoms with Crippen LogP contribution in [0.3, 0.4) is 0 Å². The summed E-state index contributed by atoms with van der Waals surface area (Å²) >= 11 is 6.18. The molecule has 0 radical (unpaired) electrons. The number of halogens is 1. The van der Waals surface area contributed by atoms with Crippen LogP contribution < -0.4 is 22.3 Å². The van der Waals surface area contributed by atoms with Crippen molar-refractivity contribution in [2.75, 3.05) is 6.54 Å². The van der Waals surface area contributed by atoms with Crippen LogP contribution in [0, 0.1) is 0 Å². The van der Waals surface area contributed by atoms with E-state index in [9.17, 15) is 24.3 Å². The summed E-state index contributed by atoms with van der Waals surface area (Å²) in [4.78, 5) is 48.3. The summed E-state index contributed by atoms with van der Waals surface area (Å²) in [6.07, 6.45) is 6.02. The molecule has 0 atom stereocenters. The lowest BCUT2D eigenvalue weighted by Gasteiger charge is -2.26. The van der Waals surface area contributed by atoms with Crippen LogP contribution in [0.15, 0.2) is 34.0 Å². The van der Waals surface area contributed by atoms with Gasteiger partial charge in [-0.15, -0.1) is 0 Å². The molecule has 4 N–H and O–H groups in total. The first kappa shape index (κ1) is 22.7. The lowest BCUT2D eigenvalue weighted by atomic mass is 9.94. The van der Waals surface area contributed by atoms with Gasteiger partial charge in [-0.05, 0) is 31.0 Å². The normalized spacial score (nSPS) is 15.8. The molecule has 1 aliphatic carbocycles. The fourth-order valence-corrected chi connectivity index (χ4v) is 3.84. The fourth-order valence-electron chi connectivity index (χ4n) is 3.64. The minimum Gasteiger partial charge on any atom is -0.388 e. The van der Waals surface area contributed by atoms with Crippen molar-refractivity contribution < 1.29 is 14.7 Å². The number of aromatic nitrogens is 3. The van der Waals surface area contributed by atoms with Crippen molar-refractivity contribution in [3.8, 4) is 5.69 Å². The quantitative estimate of drug-likeness (QED) is 0.541. The summed E-state index contributed by atoms with van der Waals surface area (Å²) in [7, 11) is 0. The monoisotopic (exact) mass is 449 g/mol. The molecule has 10 nitrogen and oxygen atoms in total. The van der Waals surface area contributed by atoms with Crippen molar-refractivity contribution in [1.82, 2.24) is 19.7 Å². The Morgan fingerprint density at radius 2 is 1.87 bits per heavy atom. The lowest BCUT2D eigenvalue weighted by molar-refractivity contribution is -0.118. The largest absolute Gasteiger partial charge is 0.388 e. The zero-order valence-corrected chi connectivity index (χ0v) is 17.6. The summed E-state index contributed by atoms with van der Waals surface area (Å²) in [6, 6.07) is 4.22. The Labute approximate surface area is 182 Å². The number of hydrogen-bond donors (Lipinski definition) is 3. The molecule has 1 aliphatic rings. The summed E-state index contributed by atoms with van der Waals surface area (Å²) in [6.45, 7) is -0.506. The SMILES string of the molecule is NC(=O)Cn1c(=O)cnn(-c2ccc(Cl)c(C(=O)NCC3(O)CCCCCC3)c2)c1=O. The number of nitrogens with one attached hydrogen (secondary N) is 1. The van der Waals surface area contributed by atoms with E-state index in [1.807, 2.05) is 0 Å². The van der Waals surface area contributed by atoms with Crippen molar-refractivity contribution in [2.45, 2.75) is 50.7 Å². The van der Waals surface area contributed by atoms with Crippen molar-refractivity contribution >= 4 is 23.4 Å². The Hall–Kier alpha value is -2.98. The van der Waals surface area contributed by atoms with E-state index >= 15 is 0 Å². The molecule has 0 bridgehead atoms. The van der Waals surface area contributed by atoms with Gasteiger partial charge in [-0.3, -0.25) is 14.4 Å². The van der Waals surface area contributed by atoms with Crippen molar-refractivity contribution in [2.24, 2.45) is 5.73 Å². The second kappa shape index (κ2) is 9.44. The smallest absolute Gasteiger partial charge is 0.352 e. The number of hydrogen-bond acceptors (Lipinski definition) is 6. The van der Waals surface area contributed by atoms with E-state index in [-0.39, 0.29) is 22.8 Å². The summed E-state index contributed by atoms with van der Waals surface area (Å²) in [5.74, 6) is -1.37. The van der Waals surface area contributed by atoms with Gasteiger partial charge < -0.3 is 16.2 Å². The van der Waals surface area contributed by atoms with Crippen LogP contribution in [0.1, 0.15) is 48.9 Å². The Balaban J connectivity index is 1.87. The van der Waals surface area contributed by atoms with E-state index in [1.165, 1.54) is 18.2 Å². The molecule has 2 aromatic rings. The second-order valence-electron chi connectivity index (χ2n) is 7.72. The second-order valence-corrected chi connectivity index (χ2v) is 8.12. The van der Waals surface area contributed by atoms with Gasteiger partial charge in [0.25, 0.3) is 11.5 Å². The van der Waals surface area contributed by atoms with Gasteiger partial charge in [0.2, 0.25) is 5.91 Å². The third kappa shape index (κ3) is 5.39. The van der Waals surface area contributed by atoms with Gasteiger partial charge in [-0.25, -0.2) is 9.36 Å². The molecule has 0 aliphatic heterocycles. The first-order chi connectivity index (χ1) is 14.7. The minimum absolute atomic E-state index is 0.0812. The number of carbonyl (C=O) groups excluding carboxylic acids is 2. The van der Waals surface area contributed by atoms with Gasteiger partial charge >= 0.3 is 5.69 Å². The zero-order chi connectivity index (χ0) is 22.6. The minimum atomic E-state index is -0.959. The number of rotatable bonds is 6. The highest BCUT2D eigenvalue weighted by Crippen LogP contribution is 2.26. The molecule has 2 amide bonds. The maximum atomic E-state index is 12.7. The predicted octanol–water partition coefficient (Wildman–Crippen LogP) is 0.348. The highest BCUT2D eigenvalue weighted by molar-refractivity contribution is 6.33. The first-order valence-corrected chi connectivity index (χ1v) is 10.4. The van der Waals surface area contributed by atoms with Crippen LogP contribution in [0.25, 0.3) is 5.69 Å². The van der Waals surface area contributed by atoms with E-state index < -0.39 is 35.2 Å². The molecule has 11 heteroatoms. The average molecular weight is 450 g/mol. The van der Waals surface area contributed by atoms with Crippen LogP contribution in [-0.4, -0.2) is 43.4 Å². The molecule has 3 rings (SSSR count). The highest BCUT2D eigenvalue weighted by atomic mass is 35.5. The summed E-state index contributed by atoms with van der Waals surface area (Å²) in [5.41, 5.74) is 2.73. The average Bonchev–Trinajstić information content (AvgIpc) is 2.95. The van der Waals surface area contributed by atoms with Crippen LogP contribution in [0.2, 0.25) is 5.02 Å². The van der Waals surface area contributed by atoms with E-state index in [0.717, 1.165) is 36.6 Å². The topological polar surface area (TPSA) is 149 Å². The van der Waals surface area contributed by atoms with E-state index in [0.29, 0.717) is 17.4 Å². The molecule has 0 unspecified atom stereocenters. The number of nitrogens with two attached hydrogens (primary N) is 1. The van der Waals surface area contributed by atoms with Crippen LogP contribution in [0.4, 0.5) is 0 Å². The van der Waals surface area contributed by atoms with E-state index in [2.05, 4.69) is 10.4 Å². The lowest BCUT2D eigenvalue weighted by Crippen LogP contribution is -2.43. The molecule has 31 heavy (non-hydrogen) atoms. The van der Waals surface area contributed by atoms with Crippen molar-refractivity contribution in [1.29, 1.82) is 0 Å². The zero-order valence-electron chi connectivity index (χ0n) is 16.8. The number of carbonyl (C=O) groups is 2. The Kier molecular flexibility index (Phi) is 6.91. The van der Waals surface area contributed by atoms with E-state index in [1.54, 1.807) is 0 Å². The number of nitrogens with zero attached hydrogens (tertiary/aromatic N) is 3. The molecule has 1 fully saturated rings. The van der Waals surface area contributed by atoms with Gasteiger partial charge in [-0.1, -0.05) is 37.3 Å². The fraction of sp³-hybridized carbons (Fsp3) is 0.450. The number of primary amides is 1. The molecule has 1 heterocycles. The van der Waals surface area contributed by atoms with Crippen LogP contribution >= 0.6 is 11.6 Å². The maximum Gasteiger partial charge on any atom is 0.352 e. The predicted molar refractivity (Wildman–Crippen MR) is 113 cm³/mol. The molecule has 0 spiro atoms. The Bertz CT molecular complexity index is 1100. The number of aliphatic hydroxyl groups is 1. The molecular formula is C20H24ClN5O5. The van der Waals surface area contributed by atoms with Crippen LogP contribution in [0.5, 0.6) is 0 Å². The highest BCUT2D eigenvalue weighted by Gasteiger charge is 2.28. The van der Waals surface area contributed by atoms with Gasteiger partial charge in [0, 0.05) is 6.54 Å². The Morgan fingerprint density at radius 3 is 2.52 bits per heavy atom. The molecule has 1 aromatic carbocycles. The van der Waals surface area contributed by atoms with Gasteiger partial charge in [0.05, 0.1) is 21.9 Å². The molecule has 1 saturated carbocycles. The third-order valence-corrected chi connectivity index (χ3v) is 5.66. The molecule has 166 valence electrons. The van der Waals surface area contributed by atoms with Gasteiger partial charge in [-0.2, -0.15) is 9.78 Å². The maximum absolute atomic E-state index is 12.7. The van der Waals surface area contributed by atoms with Crippen molar-refractivity contribution in [3.05, 3.63) is 55.8 Å². The first-order valence-electron chi connectivity index (χ1n) is 9.98.